The number of fused-ring (bicyclic) bond motifs is 2. The van der Waals surface area contributed by atoms with Crippen LogP contribution in [0.5, 0.6) is 11.5 Å². The van der Waals surface area contributed by atoms with Crippen molar-refractivity contribution >= 4 is 32.6 Å². The summed E-state index contributed by atoms with van der Waals surface area (Å²) in [6.45, 7) is 0.0597. The van der Waals surface area contributed by atoms with Gasteiger partial charge in [0.25, 0.3) is 5.91 Å². The Balaban J connectivity index is 1.43. The Morgan fingerprint density at radius 2 is 2.04 bits per heavy atom. The molecule has 1 aliphatic rings. The van der Waals surface area contributed by atoms with Gasteiger partial charge in [0.15, 0.2) is 17.3 Å². The molecular weight excluding hydrogens is 352 g/mol. The molecule has 0 fully saturated rings. The van der Waals surface area contributed by atoms with Gasteiger partial charge in [0, 0.05) is 6.07 Å². The van der Waals surface area contributed by atoms with E-state index < -0.39 is 23.6 Å². The first-order chi connectivity index (χ1) is 12.1. The van der Waals surface area contributed by atoms with E-state index >= 15 is 0 Å². The molecule has 0 bridgehead atoms. The van der Waals surface area contributed by atoms with Crippen LogP contribution in [0.3, 0.4) is 0 Å². The number of para-hydroxylation sites is 2. The first-order valence-corrected chi connectivity index (χ1v) is 8.12. The van der Waals surface area contributed by atoms with Gasteiger partial charge >= 0.3 is 0 Å². The van der Waals surface area contributed by atoms with Crippen LogP contribution in [0.25, 0.3) is 10.2 Å². The van der Waals surface area contributed by atoms with Crippen molar-refractivity contribution in [1.82, 2.24) is 10.4 Å². The average molecular weight is 363 g/mol. The first kappa shape index (κ1) is 15.6. The third-order valence-electron chi connectivity index (χ3n) is 3.51. The highest BCUT2D eigenvalue weighted by Gasteiger charge is 2.27. The molecule has 1 amide bonds. The monoisotopic (exact) mass is 363 g/mol. The maximum atomic E-state index is 13.6. The molecule has 0 aliphatic carbocycles. The number of hydrogen-bond acceptors (Lipinski definition) is 6. The predicted molar refractivity (Wildman–Crippen MR) is 87.7 cm³/mol. The molecule has 6 nitrogen and oxygen atoms in total. The number of carbonyl (C=O) groups is 1. The normalized spacial score (nSPS) is 15.8. The van der Waals surface area contributed by atoms with E-state index in [1.807, 2.05) is 0 Å². The van der Waals surface area contributed by atoms with Crippen LogP contribution in [0.1, 0.15) is 0 Å². The number of nitrogens with zero attached hydrogens (tertiary/aromatic N) is 1. The van der Waals surface area contributed by atoms with Gasteiger partial charge in [-0.25, -0.2) is 13.8 Å². The molecule has 1 aliphatic heterocycles. The molecule has 2 heterocycles. The van der Waals surface area contributed by atoms with E-state index in [-0.39, 0.29) is 17.3 Å². The lowest BCUT2D eigenvalue weighted by molar-refractivity contribution is -0.129. The van der Waals surface area contributed by atoms with Crippen molar-refractivity contribution in [3.8, 4) is 11.5 Å². The van der Waals surface area contributed by atoms with Gasteiger partial charge in [-0.3, -0.25) is 15.6 Å². The first-order valence-electron chi connectivity index (χ1n) is 7.30. The second kappa shape index (κ2) is 6.17. The van der Waals surface area contributed by atoms with Crippen LogP contribution in [0.2, 0.25) is 0 Å². The molecule has 0 spiro atoms. The minimum absolute atomic E-state index is 0.0364. The van der Waals surface area contributed by atoms with E-state index in [1.54, 1.807) is 24.3 Å². The van der Waals surface area contributed by atoms with Crippen molar-refractivity contribution < 1.29 is 23.0 Å². The molecule has 9 heteroatoms. The van der Waals surface area contributed by atoms with Crippen molar-refractivity contribution in [2.24, 2.45) is 0 Å². The van der Waals surface area contributed by atoms with Gasteiger partial charge in [-0.2, -0.15) is 0 Å². The number of hydrogen-bond donors (Lipinski definition) is 2. The molecule has 0 saturated carbocycles. The number of ether oxygens (including phenoxy) is 2. The average Bonchev–Trinajstić information content (AvgIpc) is 3.02. The fourth-order valence-electron chi connectivity index (χ4n) is 2.35. The lowest BCUT2D eigenvalue weighted by Crippen LogP contribution is -2.45. The topological polar surface area (TPSA) is 72.5 Å². The molecule has 0 unspecified atom stereocenters. The number of nitrogens with one attached hydrogen (secondary N) is 2. The number of aromatic nitrogens is 1. The third kappa shape index (κ3) is 3.05. The molecule has 4 rings (SSSR count). The van der Waals surface area contributed by atoms with Gasteiger partial charge in [-0.15, -0.1) is 0 Å². The van der Waals surface area contributed by atoms with Crippen LogP contribution in [-0.2, 0) is 4.79 Å². The highest BCUT2D eigenvalue weighted by molar-refractivity contribution is 7.22. The van der Waals surface area contributed by atoms with Crippen molar-refractivity contribution in [2.75, 3.05) is 12.0 Å². The minimum Gasteiger partial charge on any atom is -0.485 e. The summed E-state index contributed by atoms with van der Waals surface area (Å²) in [6.07, 6.45) is -0.842. The standard InChI is InChI=1S/C16H11F2N3O3S/c17-8-5-9(18)14-13(6-8)25-16(19-14)21-20-15(22)12-7-23-10-3-1-2-4-11(10)24-12/h1-6,12H,7H2,(H,19,21)(H,20,22)/t12-/m1/s1. The SMILES string of the molecule is O=C(NNc1nc2c(F)cc(F)cc2s1)[C@H]1COc2ccccc2O1. The second-order valence-electron chi connectivity index (χ2n) is 5.23. The lowest BCUT2D eigenvalue weighted by Gasteiger charge is -2.25. The number of anilines is 1. The van der Waals surface area contributed by atoms with Crippen LogP contribution in [-0.4, -0.2) is 23.6 Å². The lowest BCUT2D eigenvalue weighted by atomic mass is 10.2. The Bertz CT molecular complexity index is 963. The third-order valence-corrected chi connectivity index (χ3v) is 4.42. The number of benzene rings is 2. The molecule has 2 N–H and O–H groups in total. The van der Waals surface area contributed by atoms with Gasteiger partial charge in [0.2, 0.25) is 11.2 Å². The summed E-state index contributed by atoms with van der Waals surface area (Å²) in [6, 6.07) is 8.96. The number of amides is 1. The largest absolute Gasteiger partial charge is 0.485 e. The van der Waals surface area contributed by atoms with Crippen molar-refractivity contribution in [1.29, 1.82) is 0 Å². The molecule has 2 aromatic carbocycles. The van der Waals surface area contributed by atoms with Crippen molar-refractivity contribution in [3.05, 3.63) is 48.0 Å². The van der Waals surface area contributed by atoms with Crippen LogP contribution in [0.15, 0.2) is 36.4 Å². The van der Waals surface area contributed by atoms with Gasteiger partial charge in [0.1, 0.15) is 17.9 Å². The van der Waals surface area contributed by atoms with Crippen LogP contribution in [0.4, 0.5) is 13.9 Å². The maximum absolute atomic E-state index is 13.6. The Hall–Kier alpha value is -2.94. The van der Waals surface area contributed by atoms with Gasteiger partial charge in [-0.05, 0) is 18.2 Å². The zero-order chi connectivity index (χ0) is 17.4. The predicted octanol–water partition coefficient (Wildman–Crippen LogP) is 2.86. The maximum Gasteiger partial charge on any atom is 0.283 e. The molecule has 1 aromatic heterocycles. The van der Waals surface area contributed by atoms with E-state index in [9.17, 15) is 13.6 Å². The smallest absolute Gasteiger partial charge is 0.283 e. The molecule has 0 saturated heterocycles. The fraction of sp³-hybridized carbons (Fsp3) is 0.125. The summed E-state index contributed by atoms with van der Waals surface area (Å²) in [5.74, 6) is -0.864. The zero-order valence-corrected chi connectivity index (χ0v) is 13.4. The summed E-state index contributed by atoms with van der Waals surface area (Å²) in [4.78, 5) is 16.2. The Morgan fingerprint density at radius 3 is 2.88 bits per heavy atom. The summed E-state index contributed by atoms with van der Waals surface area (Å²) in [7, 11) is 0. The van der Waals surface area contributed by atoms with E-state index in [4.69, 9.17) is 9.47 Å². The van der Waals surface area contributed by atoms with Crippen molar-refractivity contribution in [2.45, 2.75) is 6.10 Å². The van der Waals surface area contributed by atoms with Crippen LogP contribution in [0, 0.1) is 11.6 Å². The summed E-state index contributed by atoms with van der Waals surface area (Å²) in [5.41, 5.74) is 5.05. The van der Waals surface area contributed by atoms with Crippen molar-refractivity contribution in [3.63, 3.8) is 0 Å². The summed E-state index contributed by atoms with van der Waals surface area (Å²) >= 11 is 1.01. The number of halogens is 2. The van der Waals surface area contributed by atoms with E-state index in [0.717, 1.165) is 17.4 Å². The van der Waals surface area contributed by atoms with Gasteiger partial charge in [-0.1, -0.05) is 23.5 Å². The highest BCUT2D eigenvalue weighted by atomic mass is 32.1. The molecule has 128 valence electrons. The van der Waals surface area contributed by atoms with E-state index in [2.05, 4.69) is 15.8 Å². The Labute approximate surface area is 144 Å². The van der Waals surface area contributed by atoms with E-state index in [0.29, 0.717) is 16.2 Å². The number of thiazole rings is 1. The summed E-state index contributed by atoms with van der Waals surface area (Å²) in [5, 5.41) is 0.227. The van der Waals surface area contributed by atoms with Gasteiger partial charge < -0.3 is 9.47 Å². The zero-order valence-electron chi connectivity index (χ0n) is 12.6. The van der Waals surface area contributed by atoms with Crippen LogP contribution >= 0.6 is 11.3 Å². The number of hydrazine groups is 1. The van der Waals surface area contributed by atoms with Crippen LogP contribution < -0.4 is 20.3 Å². The minimum atomic E-state index is -0.842. The second-order valence-corrected chi connectivity index (χ2v) is 6.26. The molecule has 25 heavy (non-hydrogen) atoms. The number of carbonyl (C=O) groups excluding carboxylic acids is 1. The van der Waals surface area contributed by atoms with Gasteiger partial charge in [0.05, 0.1) is 4.70 Å². The molecule has 3 aromatic rings. The quantitative estimate of drug-likeness (QED) is 0.700. The highest BCUT2D eigenvalue weighted by Crippen LogP contribution is 2.31. The Morgan fingerprint density at radius 1 is 1.24 bits per heavy atom. The molecule has 1 atom stereocenters. The Kier molecular flexibility index (Phi) is 3.85. The molecule has 0 radical (unpaired) electrons. The summed E-state index contributed by atoms with van der Waals surface area (Å²) < 4.78 is 38.2. The van der Waals surface area contributed by atoms with E-state index in [1.165, 1.54) is 6.07 Å². The molecular formula is C16H11F2N3O3S. The number of rotatable bonds is 3. The fourth-order valence-corrected chi connectivity index (χ4v) is 3.21.